The number of nitrogens with one attached hydrogen (secondary N) is 2. The van der Waals surface area contributed by atoms with Crippen LogP contribution in [0.15, 0.2) is 59.5 Å². The summed E-state index contributed by atoms with van der Waals surface area (Å²) < 4.78 is 0. The SMILES string of the molecule is C=CC(=O)/C=C1\CCC2NN(c3ccc(C4CCC4)cc3O)C3CCN(C(=O)c4cc(C=O)c5c(c4)NCS5)C4(C[C@H]4C1)C23. The molecule has 44 heavy (non-hydrogen) atoms. The summed E-state index contributed by atoms with van der Waals surface area (Å²) in [6, 6.07) is 10.0. The average molecular weight is 611 g/mol. The third kappa shape index (κ3) is 4.26. The summed E-state index contributed by atoms with van der Waals surface area (Å²) in [6.07, 6.45) is 11.6. The van der Waals surface area contributed by atoms with E-state index < -0.39 is 0 Å². The number of fused-ring (bicyclic) bond motifs is 1. The van der Waals surface area contributed by atoms with Crippen molar-refractivity contribution in [2.24, 2.45) is 11.8 Å². The van der Waals surface area contributed by atoms with Gasteiger partial charge in [-0.05, 0) is 98.8 Å². The summed E-state index contributed by atoms with van der Waals surface area (Å²) in [4.78, 5) is 41.8. The molecule has 2 aromatic rings. The number of hydrazine groups is 1. The van der Waals surface area contributed by atoms with Gasteiger partial charge in [0.1, 0.15) is 5.75 Å². The molecule has 1 spiro atoms. The molecule has 0 bridgehead atoms. The maximum Gasteiger partial charge on any atom is 0.254 e. The van der Waals surface area contributed by atoms with E-state index in [2.05, 4.69) is 39.4 Å². The first-order chi connectivity index (χ1) is 21.4. The van der Waals surface area contributed by atoms with Crippen molar-refractivity contribution in [2.45, 2.75) is 79.8 Å². The second-order valence-electron chi connectivity index (χ2n) is 13.4. The number of ketones is 1. The zero-order chi connectivity index (χ0) is 30.2. The summed E-state index contributed by atoms with van der Waals surface area (Å²) in [5, 5.41) is 16.8. The number of amides is 1. The fourth-order valence-corrected chi connectivity index (χ4v) is 9.85. The lowest BCUT2D eigenvalue weighted by molar-refractivity contribution is -0.110. The number of piperidine rings is 1. The van der Waals surface area contributed by atoms with E-state index in [0.717, 1.165) is 60.2 Å². The van der Waals surface area contributed by atoms with Gasteiger partial charge in [0.25, 0.3) is 5.91 Å². The van der Waals surface area contributed by atoms with Crippen LogP contribution in [0.4, 0.5) is 11.4 Å². The Hall–Kier alpha value is -3.56. The van der Waals surface area contributed by atoms with Crippen molar-refractivity contribution in [2.75, 3.05) is 22.7 Å². The predicted octanol–water partition coefficient (Wildman–Crippen LogP) is 5.80. The number of hydrogen-bond acceptors (Lipinski definition) is 8. The Balaban J connectivity index is 1.17. The van der Waals surface area contributed by atoms with Crippen molar-refractivity contribution in [3.63, 3.8) is 0 Å². The minimum atomic E-state index is -0.368. The van der Waals surface area contributed by atoms with E-state index in [1.807, 2.05) is 12.1 Å². The van der Waals surface area contributed by atoms with Gasteiger partial charge in [0.05, 0.1) is 28.8 Å². The molecule has 9 heteroatoms. The first kappa shape index (κ1) is 28.0. The van der Waals surface area contributed by atoms with Crippen molar-refractivity contribution in [3.8, 4) is 5.75 Å². The number of hydrogen-bond donors (Lipinski definition) is 3. The molecule has 5 fully saturated rings. The monoisotopic (exact) mass is 610 g/mol. The quantitative estimate of drug-likeness (QED) is 0.279. The summed E-state index contributed by atoms with van der Waals surface area (Å²) in [7, 11) is 0. The zero-order valence-corrected chi connectivity index (χ0v) is 25.6. The first-order valence-corrected chi connectivity index (χ1v) is 17.0. The van der Waals surface area contributed by atoms with E-state index in [-0.39, 0.29) is 41.1 Å². The molecule has 8 rings (SSSR count). The number of aldehydes is 1. The minimum absolute atomic E-state index is 0.0336. The Morgan fingerprint density at radius 3 is 2.75 bits per heavy atom. The molecular formula is C35H38N4O4S. The van der Waals surface area contributed by atoms with E-state index >= 15 is 0 Å². The number of likely N-dealkylation sites (tertiary alicyclic amines) is 1. The number of aromatic hydroxyl groups is 1. The molecule has 228 valence electrons. The molecule has 0 radical (unpaired) electrons. The molecule has 4 unspecified atom stereocenters. The molecule has 5 atom stereocenters. The summed E-state index contributed by atoms with van der Waals surface area (Å²) in [5.41, 5.74) is 8.50. The predicted molar refractivity (Wildman–Crippen MR) is 171 cm³/mol. The molecular weight excluding hydrogens is 572 g/mol. The fourth-order valence-electron chi connectivity index (χ4n) is 8.92. The van der Waals surface area contributed by atoms with Crippen LogP contribution in [0, 0.1) is 11.8 Å². The van der Waals surface area contributed by atoms with Gasteiger partial charge in [0, 0.05) is 34.5 Å². The number of allylic oxidation sites excluding steroid dienone is 3. The van der Waals surface area contributed by atoms with Crippen molar-refractivity contribution < 1.29 is 19.5 Å². The number of carbonyl (C=O) groups excluding carboxylic acids is 3. The van der Waals surface area contributed by atoms with Crippen LogP contribution in [0.1, 0.15) is 83.6 Å². The fraction of sp³-hybridized carbons (Fsp3) is 0.457. The maximum atomic E-state index is 14.5. The van der Waals surface area contributed by atoms with Gasteiger partial charge in [-0.3, -0.25) is 14.4 Å². The smallest absolute Gasteiger partial charge is 0.254 e. The summed E-state index contributed by atoms with van der Waals surface area (Å²) in [6.45, 7) is 4.25. The van der Waals surface area contributed by atoms with Crippen LogP contribution < -0.4 is 15.8 Å². The largest absolute Gasteiger partial charge is 0.506 e. The van der Waals surface area contributed by atoms with Gasteiger partial charge in [-0.1, -0.05) is 24.6 Å². The van der Waals surface area contributed by atoms with Gasteiger partial charge in [-0.2, -0.15) is 0 Å². The van der Waals surface area contributed by atoms with E-state index in [9.17, 15) is 19.5 Å². The summed E-state index contributed by atoms with van der Waals surface area (Å²) >= 11 is 1.59. The van der Waals surface area contributed by atoms with E-state index in [1.54, 1.807) is 23.9 Å². The Labute approximate surface area is 261 Å². The molecule has 2 aromatic carbocycles. The van der Waals surface area contributed by atoms with Crippen LogP contribution in [0.2, 0.25) is 0 Å². The minimum Gasteiger partial charge on any atom is -0.506 e. The van der Waals surface area contributed by atoms with Crippen LogP contribution in [0.25, 0.3) is 0 Å². The number of benzene rings is 2. The third-order valence-electron chi connectivity index (χ3n) is 11.2. The average Bonchev–Trinajstić information content (AvgIpc) is 3.31. The van der Waals surface area contributed by atoms with E-state index in [1.165, 1.54) is 30.9 Å². The molecule has 2 saturated heterocycles. The molecule has 1 amide bonds. The highest BCUT2D eigenvalue weighted by molar-refractivity contribution is 8.00. The molecule has 3 saturated carbocycles. The van der Waals surface area contributed by atoms with Gasteiger partial charge in [0.2, 0.25) is 0 Å². The lowest BCUT2D eigenvalue weighted by Crippen LogP contribution is -2.59. The third-order valence-corrected chi connectivity index (χ3v) is 12.3. The normalized spacial score (nSPS) is 31.1. The van der Waals surface area contributed by atoms with Crippen molar-refractivity contribution >= 4 is 41.1 Å². The van der Waals surface area contributed by atoms with Crippen LogP contribution in [0.3, 0.4) is 0 Å². The standard InChI is InChI=1S/C35H38N4O4S/c1-2-26(41)13-20-6-8-27-32-30(39(37-27)29-9-7-22(16-31(29)42)21-4-3-5-21)10-11-38(35(32)17-25(35)12-20)34(43)23-14-24(18-40)33-28(15-23)36-19-44-33/h2,7,9,13-16,18,21,25,27,30,32,36-37,42H,1,3-6,8,10-12,17,19H2/b20-13+/t25-,27?,30?,32?,35?/m1/s1. The highest BCUT2D eigenvalue weighted by Crippen LogP contribution is 2.64. The second-order valence-corrected chi connectivity index (χ2v) is 14.4. The lowest BCUT2D eigenvalue weighted by Gasteiger charge is -2.47. The Morgan fingerprint density at radius 2 is 2.00 bits per heavy atom. The first-order valence-electron chi connectivity index (χ1n) is 16.0. The molecule has 6 aliphatic rings. The topological polar surface area (TPSA) is 102 Å². The molecule has 3 aliphatic carbocycles. The van der Waals surface area contributed by atoms with Gasteiger partial charge in [0.15, 0.2) is 12.1 Å². The van der Waals surface area contributed by atoms with Gasteiger partial charge >= 0.3 is 0 Å². The molecule has 0 aromatic heterocycles. The number of nitrogens with zero attached hydrogens (tertiary/aromatic N) is 2. The number of phenols is 1. The van der Waals surface area contributed by atoms with Crippen LogP contribution in [0.5, 0.6) is 5.75 Å². The van der Waals surface area contributed by atoms with E-state index in [4.69, 9.17) is 0 Å². The summed E-state index contributed by atoms with van der Waals surface area (Å²) in [5.74, 6) is 1.81. The number of rotatable bonds is 6. The Bertz CT molecular complexity index is 1620. The number of thioether (sulfide) groups is 1. The van der Waals surface area contributed by atoms with Crippen molar-refractivity contribution in [1.82, 2.24) is 10.3 Å². The van der Waals surface area contributed by atoms with Crippen LogP contribution >= 0.6 is 11.8 Å². The van der Waals surface area contributed by atoms with Gasteiger partial charge in [-0.25, -0.2) is 5.43 Å². The highest BCUT2D eigenvalue weighted by atomic mass is 32.2. The zero-order valence-electron chi connectivity index (χ0n) is 24.8. The highest BCUT2D eigenvalue weighted by Gasteiger charge is 2.71. The van der Waals surface area contributed by atoms with E-state index in [0.29, 0.717) is 35.2 Å². The number of phenolic OH excluding ortho intramolecular Hbond substituents is 1. The Kier molecular flexibility index (Phi) is 6.68. The lowest BCUT2D eigenvalue weighted by atomic mass is 9.73. The molecule has 8 nitrogen and oxygen atoms in total. The number of carbonyl (C=O) groups is 3. The van der Waals surface area contributed by atoms with Crippen LogP contribution in [-0.4, -0.2) is 58.0 Å². The Morgan fingerprint density at radius 1 is 1.14 bits per heavy atom. The van der Waals surface area contributed by atoms with Crippen molar-refractivity contribution in [3.05, 3.63) is 71.3 Å². The second kappa shape index (κ2) is 10.5. The maximum absolute atomic E-state index is 14.5. The number of anilines is 2. The molecule has 3 heterocycles. The molecule has 3 aliphatic heterocycles. The van der Waals surface area contributed by atoms with Gasteiger partial charge in [-0.15, -0.1) is 11.8 Å². The van der Waals surface area contributed by atoms with Gasteiger partial charge < -0.3 is 20.3 Å². The van der Waals surface area contributed by atoms with Crippen LogP contribution in [-0.2, 0) is 4.79 Å². The van der Waals surface area contributed by atoms with Crippen molar-refractivity contribution in [1.29, 1.82) is 0 Å². The molecule has 3 N–H and O–H groups in total.